The molecule has 5 nitrogen and oxygen atoms in total. The van der Waals surface area contributed by atoms with Crippen LogP contribution in [0.25, 0.3) is 10.6 Å². The van der Waals surface area contributed by atoms with Gasteiger partial charge in [-0.05, 0) is 24.6 Å². The summed E-state index contributed by atoms with van der Waals surface area (Å²) in [5, 5.41) is 1.58. The van der Waals surface area contributed by atoms with Gasteiger partial charge in [0.25, 0.3) is 0 Å². The number of hydrogen-bond acceptors (Lipinski definition) is 6. The predicted molar refractivity (Wildman–Crippen MR) is 109 cm³/mol. The molecule has 30 heavy (non-hydrogen) atoms. The first-order valence-corrected chi connectivity index (χ1v) is 10.3. The Morgan fingerprint density at radius 3 is 2.73 bits per heavy atom. The monoisotopic (exact) mass is 432 g/mol. The molecule has 1 aliphatic rings. The summed E-state index contributed by atoms with van der Waals surface area (Å²) >= 11 is 0.999. The summed E-state index contributed by atoms with van der Waals surface area (Å²) < 4.78 is 42.0. The fourth-order valence-corrected chi connectivity index (χ4v) is 4.49. The molecule has 0 bridgehead atoms. The third-order valence-electron chi connectivity index (χ3n) is 4.97. The maximum absolute atomic E-state index is 14.0. The van der Waals surface area contributed by atoms with Crippen molar-refractivity contribution in [3.05, 3.63) is 64.9 Å². The van der Waals surface area contributed by atoms with Crippen molar-refractivity contribution in [2.75, 3.05) is 18.0 Å². The van der Waals surface area contributed by atoms with Gasteiger partial charge in [0.05, 0.1) is 5.56 Å². The number of ketones is 1. The maximum Gasteiger partial charge on any atom is 0.186 e. The number of nitrogens with zero attached hydrogens (tertiary/aromatic N) is 3. The second-order valence-electron chi connectivity index (χ2n) is 7.24. The molecule has 0 spiro atoms. The van der Waals surface area contributed by atoms with Crippen LogP contribution in [0, 0.1) is 11.6 Å². The highest BCUT2D eigenvalue weighted by Crippen LogP contribution is 2.30. The molecule has 3 heterocycles. The highest BCUT2D eigenvalue weighted by Gasteiger charge is 2.27. The normalized spacial score (nSPS) is 19.1. The molecule has 0 aliphatic carbocycles. The molecule has 1 fully saturated rings. The quantitative estimate of drug-likeness (QED) is 0.622. The second kappa shape index (κ2) is 8.53. The Morgan fingerprint density at radius 1 is 1.23 bits per heavy atom. The minimum atomic E-state index is -1.04. The number of alkyl halides is 1. The number of pyridine rings is 1. The molecule has 2 atom stereocenters. The molecule has 156 valence electrons. The van der Waals surface area contributed by atoms with Crippen molar-refractivity contribution >= 4 is 22.8 Å². The van der Waals surface area contributed by atoms with Crippen LogP contribution in [0.15, 0.2) is 42.0 Å². The third-order valence-corrected chi connectivity index (χ3v) is 5.83. The summed E-state index contributed by atoms with van der Waals surface area (Å²) in [6.45, 7) is 0.686. The highest BCUT2D eigenvalue weighted by atomic mass is 32.1. The Kier molecular flexibility index (Phi) is 5.83. The average molecular weight is 432 g/mol. The van der Waals surface area contributed by atoms with Crippen molar-refractivity contribution in [1.29, 1.82) is 0 Å². The van der Waals surface area contributed by atoms with Gasteiger partial charge in [-0.1, -0.05) is 6.07 Å². The van der Waals surface area contributed by atoms with E-state index in [2.05, 4.69) is 9.97 Å². The van der Waals surface area contributed by atoms with Gasteiger partial charge in [0.15, 0.2) is 5.78 Å². The minimum Gasteiger partial charge on any atom is -0.367 e. The fraction of sp³-hybridized carbons (Fsp3) is 0.286. The van der Waals surface area contributed by atoms with Crippen LogP contribution in [0.2, 0.25) is 0 Å². The second-order valence-corrected chi connectivity index (χ2v) is 8.10. The summed E-state index contributed by atoms with van der Waals surface area (Å²) in [6.07, 6.45) is 2.39. The molecule has 0 saturated carbocycles. The van der Waals surface area contributed by atoms with Crippen molar-refractivity contribution in [3.8, 4) is 10.6 Å². The Bertz CT molecular complexity index is 1040. The number of carbonyl (C=O) groups is 1. The van der Waals surface area contributed by atoms with E-state index in [1.807, 2.05) is 4.90 Å². The molecule has 2 N–H and O–H groups in total. The number of piperidine rings is 1. The number of benzene rings is 1. The zero-order valence-corrected chi connectivity index (χ0v) is 16.7. The lowest BCUT2D eigenvalue weighted by atomic mass is 10.0. The van der Waals surface area contributed by atoms with Gasteiger partial charge in [-0.3, -0.25) is 9.78 Å². The zero-order chi connectivity index (χ0) is 21.3. The SMILES string of the molecule is N[C@H]1C[C@@H](F)CN(c2ccncc2CC(=O)c2csc(-c3c(F)cccc3F)n2)C1. The van der Waals surface area contributed by atoms with Gasteiger partial charge in [-0.2, -0.15) is 0 Å². The lowest BCUT2D eigenvalue weighted by Crippen LogP contribution is -2.48. The average Bonchev–Trinajstić information content (AvgIpc) is 3.17. The van der Waals surface area contributed by atoms with Crippen molar-refractivity contribution in [3.63, 3.8) is 0 Å². The van der Waals surface area contributed by atoms with Gasteiger partial charge >= 0.3 is 0 Å². The summed E-state index contributed by atoms with van der Waals surface area (Å²) in [7, 11) is 0. The van der Waals surface area contributed by atoms with Crippen LogP contribution in [0.4, 0.5) is 18.9 Å². The molecule has 0 radical (unpaired) electrons. The number of hydrogen-bond donors (Lipinski definition) is 1. The number of carbonyl (C=O) groups excluding carboxylic acids is 1. The molecule has 0 unspecified atom stereocenters. The van der Waals surface area contributed by atoms with Crippen molar-refractivity contribution in [1.82, 2.24) is 9.97 Å². The van der Waals surface area contributed by atoms with Crippen LogP contribution < -0.4 is 10.6 Å². The van der Waals surface area contributed by atoms with Crippen molar-refractivity contribution in [2.24, 2.45) is 5.73 Å². The third kappa shape index (κ3) is 4.22. The Balaban J connectivity index is 1.57. The Labute approximate surface area is 175 Å². The van der Waals surface area contributed by atoms with E-state index in [0.717, 1.165) is 23.5 Å². The van der Waals surface area contributed by atoms with Gasteiger partial charge in [-0.25, -0.2) is 18.2 Å². The first-order chi connectivity index (χ1) is 14.4. The number of thiazole rings is 1. The van der Waals surface area contributed by atoms with E-state index in [1.54, 1.807) is 18.5 Å². The highest BCUT2D eigenvalue weighted by molar-refractivity contribution is 7.13. The smallest absolute Gasteiger partial charge is 0.186 e. The van der Waals surface area contributed by atoms with Crippen LogP contribution in [0.1, 0.15) is 22.5 Å². The van der Waals surface area contributed by atoms with E-state index in [0.29, 0.717) is 24.2 Å². The van der Waals surface area contributed by atoms with Crippen molar-refractivity contribution < 1.29 is 18.0 Å². The van der Waals surface area contributed by atoms with Crippen molar-refractivity contribution in [2.45, 2.75) is 25.1 Å². The molecule has 1 aromatic carbocycles. The van der Waals surface area contributed by atoms with Crippen LogP contribution in [0.5, 0.6) is 0 Å². The Hall–Kier alpha value is -2.78. The zero-order valence-electron chi connectivity index (χ0n) is 15.9. The van der Waals surface area contributed by atoms with Crippen LogP contribution in [-0.4, -0.2) is 41.1 Å². The minimum absolute atomic E-state index is 0.0191. The molecular formula is C21H19F3N4OS. The molecule has 0 amide bonds. The lowest BCUT2D eigenvalue weighted by molar-refractivity contribution is 0.0989. The molecule has 3 aromatic rings. The number of anilines is 1. The standard InChI is InChI=1S/C21H19F3N4OS/c22-13-7-14(25)10-28(9-13)18-4-5-26-8-12(18)6-19(29)17-11-30-21(27-17)20-15(23)2-1-3-16(20)24/h1-5,8,11,13-14H,6-7,9-10,25H2/t13-,14+/m1/s1. The first-order valence-electron chi connectivity index (χ1n) is 9.43. The summed E-state index contributed by atoms with van der Waals surface area (Å²) in [6, 6.07) is 5.00. The fourth-order valence-electron chi connectivity index (χ4n) is 3.62. The van der Waals surface area contributed by atoms with E-state index in [-0.39, 0.29) is 41.1 Å². The molecule has 4 rings (SSSR count). The van der Waals surface area contributed by atoms with Gasteiger partial charge in [0, 0.05) is 54.6 Å². The first kappa shape index (κ1) is 20.5. The summed E-state index contributed by atoms with van der Waals surface area (Å²) in [4.78, 5) is 22.8. The lowest BCUT2D eigenvalue weighted by Gasteiger charge is -2.35. The summed E-state index contributed by atoms with van der Waals surface area (Å²) in [5.41, 5.74) is 7.13. The number of nitrogens with two attached hydrogens (primary N) is 1. The number of aromatic nitrogens is 2. The van der Waals surface area contributed by atoms with Gasteiger partial charge in [0.1, 0.15) is 28.5 Å². The number of halogens is 3. The van der Waals surface area contributed by atoms with Gasteiger partial charge < -0.3 is 10.6 Å². The molecule has 9 heteroatoms. The van der Waals surface area contributed by atoms with Gasteiger partial charge in [0.2, 0.25) is 0 Å². The molecule has 2 aromatic heterocycles. The number of Topliss-reactive ketones (excluding diaryl/α,β-unsaturated/α-hetero) is 1. The van der Waals surface area contributed by atoms with E-state index in [9.17, 15) is 18.0 Å². The predicted octanol–water partition coefficient (Wildman–Crippen LogP) is 3.78. The van der Waals surface area contributed by atoms with E-state index in [4.69, 9.17) is 5.73 Å². The summed E-state index contributed by atoms with van der Waals surface area (Å²) in [5.74, 6) is -1.79. The van der Waals surface area contributed by atoms with Crippen LogP contribution >= 0.6 is 11.3 Å². The van der Waals surface area contributed by atoms with Crippen LogP contribution in [-0.2, 0) is 6.42 Å². The molecular weight excluding hydrogens is 413 g/mol. The van der Waals surface area contributed by atoms with Gasteiger partial charge in [-0.15, -0.1) is 11.3 Å². The maximum atomic E-state index is 14.0. The molecule has 1 aliphatic heterocycles. The van der Waals surface area contributed by atoms with Crippen LogP contribution in [0.3, 0.4) is 0 Å². The largest absolute Gasteiger partial charge is 0.367 e. The van der Waals surface area contributed by atoms with E-state index >= 15 is 0 Å². The Morgan fingerprint density at radius 2 is 2.00 bits per heavy atom. The van der Waals surface area contributed by atoms with E-state index < -0.39 is 17.8 Å². The number of rotatable bonds is 5. The van der Waals surface area contributed by atoms with E-state index in [1.165, 1.54) is 11.4 Å². The topological polar surface area (TPSA) is 72.1 Å². The molecule has 1 saturated heterocycles.